The second kappa shape index (κ2) is 5.95. The molecule has 0 atom stereocenters. The topological polar surface area (TPSA) is 70.3 Å². The van der Waals surface area contributed by atoms with Crippen molar-refractivity contribution in [3.05, 3.63) is 51.5 Å². The van der Waals surface area contributed by atoms with Gasteiger partial charge >= 0.3 is 0 Å². The minimum atomic E-state index is 0.406. The quantitative estimate of drug-likeness (QED) is 0.564. The normalized spacial score (nSPS) is 10.5. The molecule has 0 unspecified atom stereocenters. The van der Waals surface area contributed by atoms with E-state index in [1.165, 1.54) is 0 Å². The number of H-pyrrole nitrogens is 1. The highest BCUT2D eigenvalue weighted by Gasteiger charge is 2.14. The number of rotatable bonds is 2. The molecule has 2 heterocycles. The van der Waals surface area contributed by atoms with Crippen LogP contribution >= 0.6 is 23.8 Å². The van der Waals surface area contributed by atoms with E-state index in [0.717, 1.165) is 22.4 Å². The second-order valence-electron chi connectivity index (χ2n) is 5.10. The van der Waals surface area contributed by atoms with Gasteiger partial charge in [-0.2, -0.15) is 10.4 Å². The molecule has 114 valence electrons. The molecule has 0 saturated carbocycles. The van der Waals surface area contributed by atoms with E-state index in [9.17, 15) is 5.26 Å². The summed E-state index contributed by atoms with van der Waals surface area (Å²) in [6, 6.07) is 11.3. The summed E-state index contributed by atoms with van der Waals surface area (Å²) >= 11 is 11.3. The Morgan fingerprint density at radius 1 is 1.26 bits per heavy atom. The van der Waals surface area contributed by atoms with Crippen LogP contribution in [0.3, 0.4) is 0 Å². The number of hydrogen-bond donors (Lipinski definition) is 1. The molecule has 0 radical (unpaired) electrons. The Morgan fingerprint density at radius 2 is 2.04 bits per heavy atom. The van der Waals surface area contributed by atoms with Gasteiger partial charge in [-0.3, -0.25) is 5.10 Å². The first-order valence-corrected chi connectivity index (χ1v) is 7.58. The third kappa shape index (κ3) is 2.89. The van der Waals surface area contributed by atoms with E-state index in [1.54, 1.807) is 16.7 Å². The maximum Gasteiger partial charge on any atom is 0.195 e. The number of pyridine rings is 1. The Morgan fingerprint density at radius 3 is 2.65 bits per heavy atom. The van der Waals surface area contributed by atoms with Gasteiger partial charge in [-0.15, -0.1) is 0 Å². The molecule has 1 aromatic carbocycles. The van der Waals surface area contributed by atoms with Crippen molar-refractivity contribution in [1.82, 2.24) is 19.7 Å². The monoisotopic (exact) mass is 341 g/mol. The maximum absolute atomic E-state index is 9.21. The fraction of sp³-hybridized carbons (Fsp3) is 0.125. The molecule has 7 heteroatoms. The fourth-order valence-electron chi connectivity index (χ4n) is 2.42. The maximum atomic E-state index is 9.21. The van der Waals surface area contributed by atoms with Crippen LogP contribution in [-0.2, 0) is 7.05 Å². The molecular formula is C16H12ClN5S. The van der Waals surface area contributed by atoms with Gasteiger partial charge in [0.1, 0.15) is 5.15 Å². The first-order valence-electron chi connectivity index (χ1n) is 6.80. The largest absolute Gasteiger partial charge is 0.303 e. The molecule has 0 aliphatic carbocycles. The van der Waals surface area contributed by atoms with E-state index >= 15 is 0 Å². The highest BCUT2D eigenvalue weighted by Crippen LogP contribution is 2.33. The summed E-state index contributed by atoms with van der Waals surface area (Å²) in [5.74, 6) is 0.695. The summed E-state index contributed by atoms with van der Waals surface area (Å²) in [5, 5.41) is 16.7. The number of aromatic amines is 1. The lowest BCUT2D eigenvalue weighted by Gasteiger charge is -2.11. The summed E-state index contributed by atoms with van der Waals surface area (Å²) in [6.45, 7) is 1.87. The molecule has 3 rings (SSSR count). The zero-order chi connectivity index (χ0) is 16.6. The number of halogens is 1. The molecule has 2 aromatic heterocycles. The second-order valence-corrected chi connectivity index (χ2v) is 5.88. The number of hydrogen-bond acceptors (Lipinski definition) is 4. The number of benzene rings is 1. The molecule has 3 aromatic rings. The molecule has 0 aliphatic rings. The Hall–Kier alpha value is -2.49. The summed E-state index contributed by atoms with van der Waals surface area (Å²) in [7, 11) is 1.84. The highest BCUT2D eigenvalue weighted by atomic mass is 35.5. The van der Waals surface area contributed by atoms with E-state index in [-0.39, 0.29) is 0 Å². The van der Waals surface area contributed by atoms with Gasteiger partial charge in [0.2, 0.25) is 0 Å². The average molecular weight is 342 g/mol. The molecule has 5 nitrogen and oxygen atoms in total. The van der Waals surface area contributed by atoms with E-state index in [1.807, 2.05) is 32.2 Å². The van der Waals surface area contributed by atoms with E-state index < -0.39 is 0 Å². The van der Waals surface area contributed by atoms with Crippen LogP contribution in [0.5, 0.6) is 0 Å². The van der Waals surface area contributed by atoms with E-state index in [0.29, 0.717) is 21.3 Å². The smallest absolute Gasteiger partial charge is 0.195 e. The standard InChI is InChI=1S/C16H12ClN5S/c1-9-5-11(7-14(17)19-9)13-6-10(8-18)3-4-12(13)15-20-21-16(23)22(15)2/h3-7H,1-2H3,(H,21,23). The lowest BCUT2D eigenvalue weighted by Crippen LogP contribution is -1.96. The van der Waals surface area contributed by atoms with Crippen molar-refractivity contribution >= 4 is 23.8 Å². The average Bonchev–Trinajstić information content (AvgIpc) is 2.85. The molecule has 0 bridgehead atoms. The zero-order valence-electron chi connectivity index (χ0n) is 12.5. The van der Waals surface area contributed by atoms with Crippen molar-refractivity contribution in [1.29, 1.82) is 5.26 Å². The van der Waals surface area contributed by atoms with Crippen molar-refractivity contribution in [2.75, 3.05) is 0 Å². The van der Waals surface area contributed by atoms with Crippen molar-refractivity contribution in [3.63, 3.8) is 0 Å². The minimum absolute atomic E-state index is 0.406. The molecule has 0 aliphatic heterocycles. The van der Waals surface area contributed by atoms with Crippen molar-refractivity contribution in [2.45, 2.75) is 6.92 Å². The summed E-state index contributed by atoms with van der Waals surface area (Å²) < 4.78 is 2.31. The number of aromatic nitrogens is 4. The first-order chi connectivity index (χ1) is 11.0. The van der Waals surface area contributed by atoms with Gasteiger partial charge in [0.05, 0.1) is 11.6 Å². The number of aryl methyl sites for hydroxylation is 1. The number of nitriles is 1. The van der Waals surface area contributed by atoms with Crippen LogP contribution in [0.25, 0.3) is 22.5 Å². The molecule has 0 fully saturated rings. The lowest BCUT2D eigenvalue weighted by molar-refractivity contribution is 0.902. The SMILES string of the molecule is Cc1cc(-c2cc(C#N)ccc2-c2n[nH]c(=S)n2C)cc(Cl)n1. The summed E-state index contributed by atoms with van der Waals surface area (Å²) in [5.41, 5.74) is 3.96. The summed E-state index contributed by atoms with van der Waals surface area (Å²) in [4.78, 5) is 4.18. The Labute approximate surface area is 143 Å². The lowest BCUT2D eigenvalue weighted by atomic mass is 9.97. The van der Waals surface area contributed by atoms with Gasteiger partial charge in [0, 0.05) is 18.3 Å². The van der Waals surface area contributed by atoms with Crippen LogP contribution in [0.4, 0.5) is 0 Å². The Bertz CT molecular complexity index is 976. The molecule has 0 spiro atoms. The zero-order valence-corrected chi connectivity index (χ0v) is 14.0. The van der Waals surface area contributed by atoms with E-state index in [4.69, 9.17) is 23.8 Å². The Kier molecular flexibility index (Phi) is 3.99. The van der Waals surface area contributed by atoms with Gasteiger partial charge in [0.25, 0.3) is 0 Å². The molecule has 0 amide bonds. The van der Waals surface area contributed by atoms with Crippen molar-refractivity contribution in [3.8, 4) is 28.6 Å². The molecule has 0 saturated heterocycles. The molecule has 1 N–H and O–H groups in total. The van der Waals surface area contributed by atoms with Crippen molar-refractivity contribution < 1.29 is 0 Å². The predicted molar refractivity (Wildman–Crippen MR) is 91.5 cm³/mol. The predicted octanol–water partition coefficient (Wildman–Crippen LogP) is 4.04. The molecular weight excluding hydrogens is 330 g/mol. The summed E-state index contributed by atoms with van der Waals surface area (Å²) in [6.07, 6.45) is 0. The number of nitrogens with one attached hydrogen (secondary N) is 1. The first kappa shape index (κ1) is 15.4. The van der Waals surface area contributed by atoms with Crippen LogP contribution in [0.2, 0.25) is 5.15 Å². The van der Waals surface area contributed by atoms with Crippen LogP contribution in [-0.4, -0.2) is 19.7 Å². The molecule has 23 heavy (non-hydrogen) atoms. The van der Waals surface area contributed by atoms with Gasteiger partial charge < -0.3 is 4.57 Å². The van der Waals surface area contributed by atoms with Crippen LogP contribution in [0.15, 0.2) is 30.3 Å². The van der Waals surface area contributed by atoms with Gasteiger partial charge in [-0.05, 0) is 60.6 Å². The Balaban J connectivity index is 2.32. The van der Waals surface area contributed by atoms with Crippen molar-refractivity contribution in [2.24, 2.45) is 7.05 Å². The highest BCUT2D eigenvalue weighted by molar-refractivity contribution is 7.71. The fourth-order valence-corrected chi connectivity index (χ4v) is 2.80. The van der Waals surface area contributed by atoms with Crippen LogP contribution < -0.4 is 0 Å². The van der Waals surface area contributed by atoms with Gasteiger partial charge in [-0.1, -0.05) is 11.6 Å². The van der Waals surface area contributed by atoms with Gasteiger partial charge in [0.15, 0.2) is 10.6 Å². The minimum Gasteiger partial charge on any atom is -0.303 e. The van der Waals surface area contributed by atoms with Crippen LogP contribution in [0, 0.1) is 23.0 Å². The third-order valence-electron chi connectivity index (χ3n) is 3.50. The van der Waals surface area contributed by atoms with Crippen LogP contribution in [0.1, 0.15) is 11.3 Å². The number of nitrogens with zero attached hydrogens (tertiary/aromatic N) is 4. The van der Waals surface area contributed by atoms with E-state index in [2.05, 4.69) is 21.3 Å². The van der Waals surface area contributed by atoms with Gasteiger partial charge in [-0.25, -0.2) is 4.98 Å². The third-order valence-corrected chi connectivity index (χ3v) is 4.06.